The minimum Gasteiger partial charge on any atom is -0.298 e. The van der Waals surface area contributed by atoms with E-state index in [0.717, 1.165) is 0 Å². The van der Waals surface area contributed by atoms with E-state index in [2.05, 4.69) is 25.6 Å². The van der Waals surface area contributed by atoms with Gasteiger partial charge in [-0.3, -0.25) is 25.2 Å². The van der Waals surface area contributed by atoms with Gasteiger partial charge in [0, 0.05) is 29.4 Å². The van der Waals surface area contributed by atoms with Crippen LogP contribution in [-0.2, 0) is 0 Å². The van der Waals surface area contributed by atoms with E-state index in [0.29, 0.717) is 15.8 Å². The van der Waals surface area contributed by atoms with Crippen molar-refractivity contribution in [1.82, 2.24) is 15.0 Å². The fourth-order valence-electron chi connectivity index (χ4n) is 1.56. The molecule has 3 aromatic rings. The molecule has 110 valence electrons. The zero-order valence-corrected chi connectivity index (χ0v) is 12.6. The SMILES string of the molecule is O=C(Nc1nccs1)c1ccc(C(=O)Nc2nccs2)nc1. The third-order valence-corrected chi connectivity index (χ3v) is 3.94. The van der Waals surface area contributed by atoms with E-state index in [1.165, 1.54) is 41.0 Å². The van der Waals surface area contributed by atoms with E-state index in [1.807, 2.05) is 0 Å². The highest BCUT2D eigenvalue weighted by atomic mass is 32.1. The van der Waals surface area contributed by atoms with Crippen molar-refractivity contribution in [2.24, 2.45) is 0 Å². The highest BCUT2D eigenvalue weighted by molar-refractivity contribution is 7.14. The first-order valence-electron chi connectivity index (χ1n) is 6.10. The third-order valence-electron chi connectivity index (χ3n) is 2.56. The second-order valence-corrected chi connectivity index (χ2v) is 5.80. The van der Waals surface area contributed by atoms with Crippen LogP contribution in [0.2, 0.25) is 0 Å². The molecule has 0 bridgehead atoms. The first-order valence-corrected chi connectivity index (χ1v) is 7.86. The highest BCUT2D eigenvalue weighted by Gasteiger charge is 2.12. The van der Waals surface area contributed by atoms with E-state index >= 15 is 0 Å². The molecule has 2 N–H and O–H groups in total. The number of nitrogens with one attached hydrogen (secondary N) is 2. The lowest BCUT2D eigenvalue weighted by molar-refractivity contribution is 0.101. The first kappa shape index (κ1) is 14.3. The summed E-state index contributed by atoms with van der Waals surface area (Å²) in [7, 11) is 0. The van der Waals surface area contributed by atoms with Gasteiger partial charge in [-0.2, -0.15) is 0 Å². The predicted octanol–water partition coefficient (Wildman–Crippen LogP) is 2.50. The lowest BCUT2D eigenvalue weighted by Gasteiger charge is -2.03. The summed E-state index contributed by atoms with van der Waals surface area (Å²) in [6, 6.07) is 3.02. The number of anilines is 2. The van der Waals surface area contributed by atoms with Crippen molar-refractivity contribution in [2.75, 3.05) is 10.6 Å². The Morgan fingerprint density at radius 3 is 2.00 bits per heavy atom. The van der Waals surface area contributed by atoms with E-state index in [1.54, 1.807) is 23.2 Å². The zero-order valence-electron chi connectivity index (χ0n) is 11.0. The minimum absolute atomic E-state index is 0.209. The van der Waals surface area contributed by atoms with Gasteiger partial charge in [-0.05, 0) is 12.1 Å². The number of carbonyl (C=O) groups is 2. The van der Waals surface area contributed by atoms with Crippen LogP contribution in [0.4, 0.5) is 10.3 Å². The molecule has 7 nitrogen and oxygen atoms in total. The fraction of sp³-hybridized carbons (Fsp3) is 0. The lowest BCUT2D eigenvalue weighted by atomic mass is 10.2. The van der Waals surface area contributed by atoms with Crippen molar-refractivity contribution in [3.8, 4) is 0 Å². The number of nitrogens with zero attached hydrogens (tertiary/aromatic N) is 3. The smallest absolute Gasteiger partial charge is 0.276 e. The molecule has 0 aromatic carbocycles. The maximum atomic E-state index is 12.0. The summed E-state index contributed by atoms with van der Waals surface area (Å²) >= 11 is 2.64. The third kappa shape index (κ3) is 3.32. The van der Waals surface area contributed by atoms with Gasteiger partial charge in [0.15, 0.2) is 10.3 Å². The number of rotatable bonds is 4. The van der Waals surface area contributed by atoms with Gasteiger partial charge in [0.1, 0.15) is 5.69 Å². The largest absolute Gasteiger partial charge is 0.298 e. The van der Waals surface area contributed by atoms with Crippen molar-refractivity contribution in [3.05, 3.63) is 52.7 Å². The molecule has 3 aromatic heterocycles. The molecule has 0 aliphatic carbocycles. The molecule has 0 aliphatic heterocycles. The fourth-order valence-corrected chi connectivity index (χ4v) is 2.61. The van der Waals surface area contributed by atoms with Gasteiger partial charge in [-0.15, -0.1) is 22.7 Å². The Bertz CT molecular complexity index is 702. The van der Waals surface area contributed by atoms with Crippen molar-refractivity contribution in [3.63, 3.8) is 0 Å². The molecule has 0 unspecified atom stereocenters. The van der Waals surface area contributed by atoms with Gasteiger partial charge >= 0.3 is 0 Å². The average Bonchev–Trinajstić information content (AvgIpc) is 3.21. The Kier molecular flexibility index (Phi) is 4.17. The topological polar surface area (TPSA) is 96.9 Å². The Balaban J connectivity index is 1.67. The predicted molar refractivity (Wildman–Crippen MR) is 84.4 cm³/mol. The van der Waals surface area contributed by atoms with Gasteiger partial charge in [-0.25, -0.2) is 9.97 Å². The van der Waals surface area contributed by atoms with Crippen LogP contribution in [0.3, 0.4) is 0 Å². The molecule has 0 saturated heterocycles. The summed E-state index contributed by atoms with van der Waals surface area (Å²) in [5, 5.41) is 9.79. The van der Waals surface area contributed by atoms with Gasteiger partial charge in [0.05, 0.1) is 5.56 Å². The van der Waals surface area contributed by atoms with Crippen LogP contribution in [0.1, 0.15) is 20.8 Å². The number of hydrogen-bond donors (Lipinski definition) is 2. The molecule has 9 heteroatoms. The highest BCUT2D eigenvalue weighted by Crippen LogP contribution is 2.13. The van der Waals surface area contributed by atoms with E-state index in [4.69, 9.17) is 0 Å². The Hall–Kier alpha value is -2.65. The molecular weight excluding hydrogens is 322 g/mol. The summed E-state index contributed by atoms with van der Waals surface area (Å²) in [5.41, 5.74) is 0.557. The average molecular weight is 331 g/mol. The van der Waals surface area contributed by atoms with E-state index in [9.17, 15) is 9.59 Å². The van der Waals surface area contributed by atoms with Gasteiger partial charge in [0.2, 0.25) is 0 Å². The maximum absolute atomic E-state index is 12.0. The standard InChI is InChI=1S/C13H9N5O2S2/c19-10(17-12-14-3-5-21-12)8-1-2-9(16-7-8)11(20)18-13-15-4-6-22-13/h1-7H,(H,14,17,19)(H,15,18,20). The van der Waals surface area contributed by atoms with Crippen LogP contribution in [-0.4, -0.2) is 26.8 Å². The summed E-state index contributed by atoms with van der Waals surface area (Å²) in [5.74, 6) is -0.698. The summed E-state index contributed by atoms with van der Waals surface area (Å²) in [4.78, 5) is 35.8. The van der Waals surface area contributed by atoms with Crippen LogP contribution in [0.15, 0.2) is 41.5 Å². The van der Waals surface area contributed by atoms with E-state index < -0.39 is 0 Å². The summed E-state index contributed by atoms with van der Waals surface area (Å²) in [6.07, 6.45) is 4.55. The van der Waals surface area contributed by atoms with Crippen molar-refractivity contribution in [2.45, 2.75) is 0 Å². The maximum Gasteiger partial charge on any atom is 0.276 e. The van der Waals surface area contributed by atoms with E-state index in [-0.39, 0.29) is 17.5 Å². The Morgan fingerprint density at radius 1 is 0.864 bits per heavy atom. The quantitative estimate of drug-likeness (QED) is 0.765. The summed E-state index contributed by atoms with van der Waals surface area (Å²) in [6.45, 7) is 0. The zero-order chi connectivity index (χ0) is 15.4. The molecule has 22 heavy (non-hydrogen) atoms. The molecule has 0 atom stereocenters. The second kappa shape index (κ2) is 6.41. The number of carbonyl (C=O) groups excluding carboxylic acids is 2. The monoisotopic (exact) mass is 331 g/mol. The second-order valence-electron chi connectivity index (χ2n) is 4.01. The minimum atomic E-state index is -0.373. The Labute approximate surface area is 133 Å². The lowest BCUT2D eigenvalue weighted by Crippen LogP contribution is -2.16. The summed E-state index contributed by atoms with van der Waals surface area (Å²) < 4.78 is 0. The van der Waals surface area contributed by atoms with Crippen LogP contribution >= 0.6 is 22.7 Å². The van der Waals surface area contributed by atoms with Gasteiger partial charge < -0.3 is 0 Å². The van der Waals surface area contributed by atoms with Gasteiger partial charge in [-0.1, -0.05) is 0 Å². The molecule has 3 heterocycles. The van der Waals surface area contributed by atoms with Crippen molar-refractivity contribution >= 4 is 44.8 Å². The molecule has 0 aliphatic rings. The molecule has 2 amide bonds. The molecule has 3 rings (SSSR count). The first-order chi connectivity index (χ1) is 10.7. The van der Waals surface area contributed by atoms with Crippen LogP contribution < -0.4 is 10.6 Å². The molecule has 0 spiro atoms. The number of aromatic nitrogens is 3. The normalized spacial score (nSPS) is 10.2. The number of thiazole rings is 2. The molecular formula is C13H9N5O2S2. The molecule has 0 saturated carbocycles. The van der Waals surface area contributed by atoms with Crippen molar-refractivity contribution in [1.29, 1.82) is 0 Å². The van der Waals surface area contributed by atoms with Crippen LogP contribution in [0.5, 0.6) is 0 Å². The number of pyridine rings is 1. The number of amides is 2. The van der Waals surface area contributed by atoms with Crippen molar-refractivity contribution < 1.29 is 9.59 Å². The Morgan fingerprint density at radius 2 is 1.50 bits per heavy atom. The molecule has 0 radical (unpaired) electrons. The van der Waals surface area contributed by atoms with Gasteiger partial charge in [0.25, 0.3) is 11.8 Å². The number of hydrogen-bond acceptors (Lipinski definition) is 7. The van der Waals surface area contributed by atoms with Crippen LogP contribution in [0, 0.1) is 0 Å². The van der Waals surface area contributed by atoms with Crippen LogP contribution in [0.25, 0.3) is 0 Å². The molecule has 0 fully saturated rings.